The van der Waals surface area contributed by atoms with Gasteiger partial charge in [-0.15, -0.1) is 0 Å². The Morgan fingerprint density at radius 1 is 1.21 bits per heavy atom. The Kier molecular flexibility index (Phi) is 8.11. The highest BCUT2D eigenvalue weighted by Gasteiger charge is 2.25. The van der Waals surface area contributed by atoms with E-state index >= 15 is 0 Å². The van der Waals surface area contributed by atoms with E-state index in [-0.39, 0.29) is 37.4 Å². The average Bonchev–Trinajstić information content (AvgIpc) is 2.56. The fraction of sp³-hybridized carbons (Fsp3) is 0.556. The van der Waals surface area contributed by atoms with Crippen molar-refractivity contribution in [1.82, 2.24) is 10.2 Å². The molecular weight excluding hydrogens is 322 g/mol. The Morgan fingerprint density at radius 2 is 1.79 bits per heavy atom. The zero-order chi connectivity index (χ0) is 16.8. The summed E-state index contributed by atoms with van der Waals surface area (Å²) < 4.78 is 0. The van der Waals surface area contributed by atoms with Crippen molar-refractivity contribution in [2.45, 2.75) is 46.1 Å². The van der Waals surface area contributed by atoms with Crippen molar-refractivity contribution >= 4 is 31.1 Å². The first-order chi connectivity index (χ1) is 11.0. The van der Waals surface area contributed by atoms with Crippen LogP contribution in [0.2, 0.25) is 0 Å². The smallest absolute Gasteiger partial charge is 0.319 e. The minimum Gasteiger partial charge on any atom is -0.342 e. The zero-order valence-electron chi connectivity index (χ0n) is 14.8. The highest BCUT2D eigenvalue weighted by atomic mass is 32.1. The van der Waals surface area contributed by atoms with Crippen LogP contribution in [0.1, 0.15) is 38.7 Å². The van der Waals surface area contributed by atoms with Crippen LogP contribution < -0.4 is 10.6 Å². The van der Waals surface area contributed by atoms with Gasteiger partial charge < -0.3 is 15.5 Å². The van der Waals surface area contributed by atoms with Gasteiger partial charge in [0.2, 0.25) is 5.91 Å². The maximum atomic E-state index is 12.2. The maximum absolute atomic E-state index is 12.2. The number of hydrogen-bond donors (Lipinski definition) is 2. The standard InChI is InChI=1S/C18H27N3O2.H2S/c1-4-14(3)17(22)21-11-9-16(10-12-21)20-18(23)19-15-7-5-13(2)6-8-15;/h5-8,14,16H,4,9-12H2,1-3H3,(H2,19,20,23);1H2/t14-;/m0./s1. The number of rotatable bonds is 4. The number of benzene rings is 1. The molecule has 1 atom stereocenters. The molecule has 2 N–H and O–H groups in total. The molecule has 1 aromatic rings. The molecule has 24 heavy (non-hydrogen) atoms. The quantitative estimate of drug-likeness (QED) is 0.874. The van der Waals surface area contributed by atoms with Gasteiger partial charge in [-0.2, -0.15) is 13.5 Å². The summed E-state index contributed by atoms with van der Waals surface area (Å²) >= 11 is 0. The van der Waals surface area contributed by atoms with Gasteiger partial charge in [0.25, 0.3) is 0 Å². The van der Waals surface area contributed by atoms with Gasteiger partial charge in [0.15, 0.2) is 0 Å². The second-order valence-electron chi connectivity index (χ2n) is 6.37. The van der Waals surface area contributed by atoms with Gasteiger partial charge in [-0.1, -0.05) is 31.5 Å². The molecule has 1 fully saturated rings. The second-order valence-corrected chi connectivity index (χ2v) is 6.37. The average molecular weight is 352 g/mol. The summed E-state index contributed by atoms with van der Waals surface area (Å²) in [7, 11) is 0. The zero-order valence-corrected chi connectivity index (χ0v) is 15.8. The van der Waals surface area contributed by atoms with Crippen LogP contribution in [0.3, 0.4) is 0 Å². The number of nitrogens with one attached hydrogen (secondary N) is 2. The molecule has 2 rings (SSSR count). The lowest BCUT2D eigenvalue weighted by molar-refractivity contribution is -0.136. The monoisotopic (exact) mass is 351 g/mol. The number of carbonyl (C=O) groups excluding carboxylic acids is 2. The lowest BCUT2D eigenvalue weighted by Crippen LogP contribution is -2.48. The van der Waals surface area contributed by atoms with Gasteiger partial charge in [-0.25, -0.2) is 4.79 Å². The number of likely N-dealkylation sites (tertiary alicyclic amines) is 1. The summed E-state index contributed by atoms with van der Waals surface area (Å²) in [5.74, 6) is 0.319. The molecule has 0 spiro atoms. The van der Waals surface area contributed by atoms with E-state index in [0.717, 1.165) is 43.6 Å². The highest BCUT2D eigenvalue weighted by molar-refractivity contribution is 7.59. The molecule has 1 heterocycles. The molecule has 1 aromatic carbocycles. The van der Waals surface area contributed by atoms with E-state index in [4.69, 9.17) is 0 Å². The SMILES string of the molecule is CC[C@H](C)C(=O)N1CCC(NC(=O)Nc2ccc(C)cc2)CC1.S. The van der Waals surface area contributed by atoms with E-state index in [1.165, 1.54) is 0 Å². The first-order valence-electron chi connectivity index (χ1n) is 8.42. The molecule has 0 aliphatic carbocycles. The number of amides is 3. The number of urea groups is 1. The molecular formula is C18H29N3O2S. The topological polar surface area (TPSA) is 61.4 Å². The van der Waals surface area contributed by atoms with Crippen LogP contribution in [0.15, 0.2) is 24.3 Å². The molecule has 6 heteroatoms. The molecule has 5 nitrogen and oxygen atoms in total. The van der Waals surface area contributed by atoms with Gasteiger partial charge in [0.05, 0.1) is 0 Å². The molecule has 1 saturated heterocycles. The minimum atomic E-state index is -0.180. The van der Waals surface area contributed by atoms with Crippen molar-refractivity contribution < 1.29 is 9.59 Å². The Labute approximate surface area is 151 Å². The normalized spacial score (nSPS) is 16.0. The number of piperidine rings is 1. The Morgan fingerprint density at radius 3 is 2.33 bits per heavy atom. The van der Waals surface area contributed by atoms with E-state index in [2.05, 4.69) is 10.6 Å². The van der Waals surface area contributed by atoms with Crippen molar-refractivity contribution in [3.8, 4) is 0 Å². The second kappa shape index (κ2) is 9.57. The van der Waals surface area contributed by atoms with Crippen molar-refractivity contribution in [2.24, 2.45) is 5.92 Å². The van der Waals surface area contributed by atoms with Crippen molar-refractivity contribution in [3.63, 3.8) is 0 Å². The summed E-state index contributed by atoms with van der Waals surface area (Å²) in [5.41, 5.74) is 1.95. The predicted molar refractivity (Wildman–Crippen MR) is 103 cm³/mol. The third-order valence-corrected chi connectivity index (χ3v) is 4.49. The molecule has 1 aliphatic rings. The Bertz CT molecular complexity index is 540. The van der Waals surface area contributed by atoms with Crippen molar-refractivity contribution in [2.75, 3.05) is 18.4 Å². The van der Waals surface area contributed by atoms with Gasteiger partial charge >= 0.3 is 6.03 Å². The molecule has 0 aromatic heterocycles. The van der Waals surface area contributed by atoms with E-state index in [0.29, 0.717) is 0 Å². The van der Waals surface area contributed by atoms with Crippen LogP contribution >= 0.6 is 13.5 Å². The van der Waals surface area contributed by atoms with Crippen LogP contribution in [0.5, 0.6) is 0 Å². The van der Waals surface area contributed by atoms with Gasteiger partial charge in [0.1, 0.15) is 0 Å². The lowest BCUT2D eigenvalue weighted by atomic mass is 10.0. The number of carbonyl (C=O) groups is 2. The third-order valence-electron chi connectivity index (χ3n) is 4.49. The molecule has 0 radical (unpaired) electrons. The molecule has 3 amide bonds. The summed E-state index contributed by atoms with van der Waals surface area (Å²) in [5, 5.41) is 5.84. The van der Waals surface area contributed by atoms with Gasteiger partial charge in [0, 0.05) is 30.7 Å². The highest BCUT2D eigenvalue weighted by Crippen LogP contribution is 2.15. The molecule has 134 valence electrons. The summed E-state index contributed by atoms with van der Waals surface area (Å²) in [6.07, 6.45) is 2.49. The van der Waals surface area contributed by atoms with Crippen LogP contribution in [-0.4, -0.2) is 36.0 Å². The Hall–Kier alpha value is -1.69. The lowest BCUT2D eigenvalue weighted by Gasteiger charge is -2.33. The van der Waals surface area contributed by atoms with E-state index in [9.17, 15) is 9.59 Å². The van der Waals surface area contributed by atoms with E-state index in [1.807, 2.05) is 49.9 Å². The summed E-state index contributed by atoms with van der Waals surface area (Å²) in [6.45, 7) is 7.46. The van der Waals surface area contributed by atoms with Crippen LogP contribution in [0.4, 0.5) is 10.5 Å². The number of anilines is 1. The van der Waals surface area contributed by atoms with E-state index < -0.39 is 0 Å². The largest absolute Gasteiger partial charge is 0.342 e. The van der Waals surface area contributed by atoms with E-state index in [1.54, 1.807) is 0 Å². The van der Waals surface area contributed by atoms with Crippen molar-refractivity contribution in [3.05, 3.63) is 29.8 Å². The third kappa shape index (κ3) is 5.74. The summed E-state index contributed by atoms with van der Waals surface area (Å²) in [6, 6.07) is 7.66. The van der Waals surface area contributed by atoms with Crippen LogP contribution in [0.25, 0.3) is 0 Å². The maximum Gasteiger partial charge on any atom is 0.319 e. The summed E-state index contributed by atoms with van der Waals surface area (Å²) in [4.78, 5) is 26.1. The Balaban J connectivity index is 0.00000288. The molecule has 0 bridgehead atoms. The van der Waals surface area contributed by atoms with Crippen molar-refractivity contribution in [1.29, 1.82) is 0 Å². The number of aryl methyl sites for hydroxylation is 1. The molecule has 0 unspecified atom stereocenters. The number of nitrogens with zero attached hydrogens (tertiary/aromatic N) is 1. The fourth-order valence-corrected chi connectivity index (χ4v) is 2.72. The van der Waals surface area contributed by atoms with Gasteiger partial charge in [-0.3, -0.25) is 4.79 Å². The molecule has 0 saturated carbocycles. The first-order valence-corrected chi connectivity index (χ1v) is 8.42. The predicted octanol–water partition coefficient (Wildman–Crippen LogP) is 3.27. The number of hydrogen-bond acceptors (Lipinski definition) is 2. The molecule has 1 aliphatic heterocycles. The van der Waals surface area contributed by atoms with Gasteiger partial charge in [-0.05, 0) is 38.3 Å². The van der Waals surface area contributed by atoms with Crippen LogP contribution in [-0.2, 0) is 4.79 Å². The fourth-order valence-electron chi connectivity index (χ4n) is 2.72. The first kappa shape index (κ1) is 20.4. The van der Waals surface area contributed by atoms with Crippen LogP contribution in [0, 0.1) is 12.8 Å². The minimum absolute atomic E-state index is 0.